The fourth-order valence-corrected chi connectivity index (χ4v) is 3.15. The molecule has 0 saturated carbocycles. The Labute approximate surface area is 157 Å². The van der Waals surface area contributed by atoms with E-state index in [9.17, 15) is 19.7 Å². The third-order valence-electron chi connectivity index (χ3n) is 3.19. The second kappa shape index (κ2) is 8.28. The third kappa shape index (κ3) is 4.91. The molecule has 2 aromatic rings. The molecule has 132 valence electrons. The van der Waals surface area contributed by atoms with Gasteiger partial charge in [-0.25, -0.2) is 0 Å². The summed E-state index contributed by atoms with van der Waals surface area (Å²) >= 11 is 12.7. The van der Waals surface area contributed by atoms with Gasteiger partial charge in [0.1, 0.15) is 0 Å². The number of halogens is 2. The third-order valence-corrected chi connectivity index (χ3v) is 4.97. The molecule has 0 unspecified atom stereocenters. The molecule has 0 radical (unpaired) electrons. The Morgan fingerprint density at radius 3 is 2.32 bits per heavy atom. The second-order valence-corrected chi connectivity index (χ2v) is 7.02. The van der Waals surface area contributed by atoms with Crippen molar-refractivity contribution in [1.82, 2.24) is 10.6 Å². The summed E-state index contributed by atoms with van der Waals surface area (Å²) in [6.45, 7) is 1.95. The normalized spacial score (nSPS) is 10.4. The van der Waals surface area contributed by atoms with Crippen LogP contribution < -0.4 is 10.6 Å². The lowest BCUT2D eigenvalue weighted by atomic mass is 10.2. The molecule has 25 heavy (non-hydrogen) atoms. The zero-order chi connectivity index (χ0) is 18.6. The number of benzene rings is 1. The van der Waals surface area contributed by atoms with Gasteiger partial charge in [0.2, 0.25) is 0 Å². The first-order valence-electron chi connectivity index (χ1n) is 7.06. The van der Waals surface area contributed by atoms with E-state index in [0.717, 1.165) is 11.3 Å². The fourth-order valence-electron chi connectivity index (χ4n) is 1.94. The van der Waals surface area contributed by atoms with E-state index in [1.807, 2.05) is 0 Å². The minimum Gasteiger partial charge on any atom is -0.350 e. The number of nitrogens with one attached hydrogen (secondary N) is 2. The minimum absolute atomic E-state index is 0.0805. The van der Waals surface area contributed by atoms with Gasteiger partial charge in [-0.1, -0.05) is 23.2 Å². The van der Waals surface area contributed by atoms with Crippen LogP contribution >= 0.6 is 34.5 Å². The van der Waals surface area contributed by atoms with Gasteiger partial charge in [-0.15, -0.1) is 11.3 Å². The van der Waals surface area contributed by atoms with E-state index in [1.165, 1.54) is 24.3 Å². The highest BCUT2D eigenvalue weighted by molar-refractivity contribution is 7.14. The van der Waals surface area contributed by atoms with Crippen LogP contribution in [0.25, 0.3) is 0 Å². The zero-order valence-electron chi connectivity index (χ0n) is 13.0. The maximum Gasteiger partial charge on any atom is 0.283 e. The molecular weight excluding hydrogens is 389 g/mol. The predicted octanol–water partition coefficient (Wildman–Crippen LogP) is 3.43. The van der Waals surface area contributed by atoms with Gasteiger partial charge in [-0.05, 0) is 25.1 Å². The molecule has 1 heterocycles. The number of amides is 2. The van der Waals surface area contributed by atoms with Crippen molar-refractivity contribution in [2.24, 2.45) is 0 Å². The maximum atomic E-state index is 12.0. The Hall–Kier alpha value is -2.16. The van der Waals surface area contributed by atoms with E-state index < -0.39 is 10.8 Å². The number of hydrogen-bond donors (Lipinski definition) is 2. The summed E-state index contributed by atoms with van der Waals surface area (Å²) in [5.74, 6) is -0.777. The number of thiophene rings is 1. The highest BCUT2D eigenvalue weighted by atomic mass is 35.5. The van der Waals surface area contributed by atoms with Crippen LogP contribution in [0.5, 0.6) is 0 Å². The summed E-state index contributed by atoms with van der Waals surface area (Å²) in [6.07, 6.45) is 0. The van der Waals surface area contributed by atoms with Gasteiger partial charge in [0.05, 0.1) is 24.7 Å². The molecule has 0 bridgehead atoms. The molecule has 0 aliphatic heterocycles. The van der Waals surface area contributed by atoms with Crippen molar-refractivity contribution < 1.29 is 14.5 Å². The smallest absolute Gasteiger partial charge is 0.283 e. The molecule has 2 rings (SSSR count). The van der Waals surface area contributed by atoms with Gasteiger partial charge in [0, 0.05) is 24.7 Å². The summed E-state index contributed by atoms with van der Waals surface area (Å²) in [5.41, 5.74) is 0.272. The summed E-state index contributed by atoms with van der Waals surface area (Å²) in [4.78, 5) is 34.9. The van der Waals surface area contributed by atoms with E-state index >= 15 is 0 Å². The van der Waals surface area contributed by atoms with Gasteiger partial charge < -0.3 is 10.6 Å². The van der Waals surface area contributed by atoms with Crippen LogP contribution in [0.1, 0.15) is 24.9 Å². The molecular formula is C15H13Cl2N3O4S. The van der Waals surface area contributed by atoms with Crippen molar-refractivity contribution in [2.75, 3.05) is 13.1 Å². The molecule has 0 saturated heterocycles. The van der Waals surface area contributed by atoms with Gasteiger partial charge >= 0.3 is 0 Å². The van der Waals surface area contributed by atoms with E-state index in [0.29, 0.717) is 15.5 Å². The Bertz CT molecular complexity index is 838. The average molecular weight is 402 g/mol. The summed E-state index contributed by atoms with van der Waals surface area (Å²) in [6, 6.07) is 5.75. The lowest BCUT2D eigenvalue weighted by Gasteiger charge is -2.07. The van der Waals surface area contributed by atoms with Crippen molar-refractivity contribution in [3.63, 3.8) is 0 Å². The van der Waals surface area contributed by atoms with E-state index in [1.54, 1.807) is 6.92 Å². The predicted molar refractivity (Wildman–Crippen MR) is 96.8 cm³/mol. The lowest BCUT2D eigenvalue weighted by molar-refractivity contribution is -0.385. The number of rotatable bonds is 6. The molecule has 2 amide bonds. The molecule has 7 nitrogen and oxygen atoms in total. The number of nitrogens with zero attached hydrogens (tertiary/aromatic N) is 1. The summed E-state index contributed by atoms with van der Waals surface area (Å²) < 4.78 is 0. The quantitative estimate of drug-likeness (QED) is 0.439. The number of nitro groups is 1. The van der Waals surface area contributed by atoms with Gasteiger partial charge in [-0.3, -0.25) is 19.7 Å². The maximum absolute atomic E-state index is 12.0. The monoisotopic (exact) mass is 401 g/mol. The Balaban J connectivity index is 1.83. The van der Waals surface area contributed by atoms with Crippen molar-refractivity contribution in [1.29, 1.82) is 0 Å². The second-order valence-electron chi connectivity index (χ2n) is 4.95. The largest absolute Gasteiger partial charge is 0.350 e. The molecule has 0 aliphatic rings. The van der Waals surface area contributed by atoms with Gasteiger partial charge in [0.15, 0.2) is 0 Å². The average Bonchev–Trinajstić information content (AvgIpc) is 2.96. The Morgan fingerprint density at radius 2 is 1.76 bits per heavy atom. The molecule has 0 spiro atoms. The Kier molecular flexibility index (Phi) is 6.35. The van der Waals surface area contributed by atoms with Crippen LogP contribution in [-0.2, 0) is 0 Å². The molecule has 2 N–H and O–H groups in total. The molecule has 1 aromatic heterocycles. The van der Waals surface area contributed by atoms with Gasteiger partial charge in [-0.2, -0.15) is 0 Å². The van der Waals surface area contributed by atoms with Crippen molar-refractivity contribution >= 4 is 52.0 Å². The highest BCUT2D eigenvalue weighted by Gasteiger charge is 2.19. The first-order valence-corrected chi connectivity index (χ1v) is 8.63. The van der Waals surface area contributed by atoms with E-state index in [2.05, 4.69) is 10.6 Å². The van der Waals surface area contributed by atoms with Crippen LogP contribution in [0.3, 0.4) is 0 Å². The number of carbonyl (C=O) groups excluding carboxylic acids is 2. The van der Waals surface area contributed by atoms with Crippen LogP contribution in [0.15, 0.2) is 24.3 Å². The minimum atomic E-state index is -0.528. The molecule has 0 atom stereocenters. The number of carbonyl (C=O) groups is 2. The van der Waals surface area contributed by atoms with Crippen molar-refractivity contribution in [3.8, 4) is 0 Å². The molecule has 0 fully saturated rings. The number of hydrogen-bond acceptors (Lipinski definition) is 5. The summed E-state index contributed by atoms with van der Waals surface area (Å²) in [5, 5.41) is 16.6. The zero-order valence-corrected chi connectivity index (χ0v) is 15.3. The lowest BCUT2D eigenvalue weighted by Crippen LogP contribution is -2.34. The molecule has 10 heteroatoms. The van der Waals surface area contributed by atoms with E-state index in [4.69, 9.17) is 23.2 Å². The summed E-state index contributed by atoms with van der Waals surface area (Å²) in [7, 11) is 0. The van der Waals surface area contributed by atoms with Crippen LogP contribution in [0, 0.1) is 17.0 Å². The first-order chi connectivity index (χ1) is 11.8. The topological polar surface area (TPSA) is 101 Å². The Morgan fingerprint density at radius 1 is 1.12 bits per heavy atom. The van der Waals surface area contributed by atoms with Crippen LogP contribution in [-0.4, -0.2) is 29.8 Å². The van der Waals surface area contributed by atoms with E-state index in [-0.39, 0.29) is 34.6 Å². The van der Waals surface area contributed by atoms with Crippen LogP contribution in [0.2, 0.25) is 10.0 Å². The first kappa shape index (κ1) is 19.2. The van der Waals surface area contributed by atoms with Gasteiger partial charge in [0.25, 0.3) is 17.5 Å². The highest BCUT2D eigenvalue weighted by Crippen LogP contribution is 2.27. The SMILES string of the molecule is Cc1sc(C(=O)NCCNC(=O)c2ccc(Cl)c(Cl)c2)cc1[N+](=O)[O-]. The molecule has 0 aliphatic carbocycles. The number of aryl methyl sites for hydroxylation is 1. The van der Waals surface area contributed by atoms with Crippen molar-refractivity contribution in [2.45, 2.75) is 6.92 Å². The standard InChI is InChI=1S/C15H13Cl2N3O4S/c1-8-12(20(23)24)7-13(25-8)15(22)19-5-4-18-14(21)9-2-3-10(16)11(17)6-9/h2-3,6-7H,4-5H2,1H3,(H,18,21)(H,19,22). The van der Waals surface area contributed by atoms with Crippen LogP contribution in [0.4, 0.5) is 5.69 Å². The molecule has 1 aromatic carbocycles. The van der Waals surface area contributed by atoms with Crippen molar-refractivity contribution in [3.05, 3.63) is 59.7 Å². The fraction of sp³-hybridized carbons (Fsp3) is 0.200.